The number of thiol groups is 1. The molecule has 0 aromatic heterocycles. The van der Waals surface area contributed by atoms with Crippen LogP contribution in [0.5, 0.6) is 0 Å². The Morgan fingerprint density at radius 3 is 2.77 bits per heavy atom. The summed E-state index contributed by atoms with van der Waals surface area (Å²) < 4.78 is 3.49. The summed E-state index contributed by atoms with van der Waals surface area (Å²) in [5.41, 5.74) is 0.169. The summed E-state index contributed by atoms with van der Waals surface area (Å²) in [5.74, 6) is 0. The second-order valence-electron chi connectivity index (χ2n) is 2.01. The van der Waals surface area contributed by atoms with Gasteiger partial charge < -0.3 is 0 Å². The summed E-state index contributed by atoms with van der Waals surface area (Å²) in [7, 11) is 0.847. The highest BCUT2D eigenvalue weighted by Gasteiger charge is 2.10. The fourth-order valence-corrected chi connectivity index (χ4v) is 0.999. The molecule has 13 heavy (non-hydrogen) atoms. The molecular formula is C6H5N3O2S2. The van der Waals surface area contributed by atoms with Crippen LogP contribution in [0.3, 0.4) is 0 Å². The first-order valence-corrected chi connectivity index (χ1v) is 5.03. The van der Waals surface area contributed by atoms with E-state index in [9.17, 15) is 10.1 Å². The SMILES string of the molecule is O=[N+]([O-])c1ccccc1N=NSS. The first-order valence-electron chi connectivity index (χ1n) is 3.20. The van der Waals surface area contributed by atoms with Crippen molar-refractivity contribution in [1.29, 1.82) is 0 Å². The predicted molar refractivity (Wildman–Crippen MR) is 54.2 cm³/mol. The van der Waals surface area contributed by atoms with Crippen molar-refractivity contribution in [1.82, 2.24) is 0 Å². The Morgan fingerprint density at radius 2 is 2.15 bits per heavy atom. The standard InChI is InChI=1S/C6H5N3O2S2/c10-9(11)6-4-2-1-3-5(6)7-8-13-12/h1-4,12H. The zero-order valence-electron chi connectivity index (χ0n) is 6.32. The highest BCUT2D eigenvalue weighted by Crippen LogP contribution is 2.27. The highest BCUT2D eigenvalue weighted by molar-refractivity contribution is 8.68. The molecule has 0 bridgehead atoms. The van der Waals surface area contributed by atoms with Gasteiger partial charge in [0, 0.05) is 6.07 Å². The normalized spacial score (nSPS) is 10.5. The van der Waals surface area contributed by atoms with E-state index in [1.807, 2.05) is 0 Å². The van der Waals surface area contributed by atoms with E-state index < -0.39 is 4.92 Å². The summed E-state index contributed by atoms with van der Waals surface area (Å²) in [6, 6.07) is 6.12. The van der Waals surface area contributed by atoms with Crippen molar-refractivity contribution in [3.8, 4) is 0 Å². The number of hydrogen-bond acceptors (Lipinski definition) is 6. The lowest BCUT2D eigenvalue weighted by Gasteiger charge is -1.93. The molecule has 5 nitrogen and oxygen atoms in total. The molecule has 0 unspecified atom stereocenters. The van der Waals surface area contributed by atoms with Gasteiger partial charge in [0.15, 0.2) is 5.69 Å². The van der Waals surface area contributed by atoms with Crippen molar-refractivity contribution in [2.24, 2.45) is 9.63 Å². The zero-order valence-corrected chi connectivity index (χ0v) is 8.03. The van der Waals surface area contributed by atoms with Crippen molar-refractivity contribution in [3.63, 3.8) is 0 Å². The van der Waals surface area contributed by atoms with E-state index in [-0.39, 0.29) is 11.4 Å². The molecular weight excluding hydrogens is 210 g/mol. The largest absolute Gasteiger partial charge is 0.296 e. The first kappa shape index (κ1) is 10.0. The molecule has 0 heterocycles. The lowest BCUT2D eigenvalue weighted by molar-refractivity contribution is -0.384. The summed E-state index contributed by atoms with van der Waals surface area (Å²) >= 11 is 3.72. The lowest BCUT2D eigenvalue weighted by atomic mass is 10.3. The van der Waals surface area contributed by atoms with Crippen LogP contribution in [0, 0.1) is 10.1 Å². The molecule has 0 fully saturated rings. The van der Waals surface area contributed by atoms with Gasteiger partial charge in [0.1, 0.15) is 0 Å². The van der Waals surface area contributed by atoms with E-state index in [2.05, 4.69) is 21.3 Å². The highest BCUT2D eigenvalue weighted by atomic mass is 33.1. The summed E-state index contributed by atoms with van der Waals surface area (Å²) in [5, 5.41) is 14.1. The maximum Gasteiger partial charge on any atom is 0.296 e. The van der Waals surface area contributed by atoms with Crippen LogP contribution in [0.4, 0.5) is 11.4 Å². The summed E-state index contributed by atoms with van der Waals surface area (Å²) in [6.45, 7) is 0. The van der Waals surface area contributed by atoms with Gasteiger partial charge in [-0.15, -0.1) is 9.63 Å². The molecule has 7 heteroatoms. The van der Waals surface area contributed by atoms with Crippen LogP contribution in [-0.2, 0) is 0 Å². The van der Waals surface area contributed by atoms with Crippen molar-refractivity contribution in [2.45, 2.75) is 0 Å². The molecule has 0 aliphatic heterocycles. The van der Waals surface area contributed by atoms with Gasteiger partial charge in [-0.2, -0.15) is 0 Å². The third-order valence-electron chi connectivity index (χ3n) is 1.26. The number of nitro benzene ring substituents is 1. The summed E-state index contributed by atoms with van der Waals surface area (Å²) in [6.07, 6.45) is 0. The van der Waals surface area contributed by atoms with E-state index in [1.165, 1.54) is 12.1 Å². The molecule has 0 spiro atoms. The second kappa shape index (κ2) is 4.83. The van der Waals surface area contributed by atoms with Crippen LogP contribution in [-0.4, -0.2) is 4.92 Å². The van der Waals surface area contributed by atoms with Gasteiger partial charge in [-0.05, 0) is 6.07 Å². The zero-order chi connectivity index (χ0) is 9.68. The Morgan fingerprint density at radius 1 is 1.46 bits per heavy atom. The molecule has 1 aromatic carbocycles. The maximum absolute atomic E-state index is 10.5. The van der Waals surface area contributed by atoms with E-state index in [4.69, 9.17) is 0 Å². The van der Waals surface area contributed by atoms with Crippen molar-refractivity contribution in [3.05, 3.63) is 34.4 Å². The van der Waals surface area contributed by atoms with Crippen LogP contribution in [0.2, 0.25) is 0 Å². The Labute approximate surface area is 83.3 Å². The fourth-order valence-electron chi connectivity index (χ4n) is 0.765. The topological polar surface area (TPSA) is 67.9 Å². The van der Waals surface area contributed by atoms with Crippen molar-refractivity contribution in [2.75, 3.05) is 0 Å². The van der Waals surface area contributed by atoms with Crippen LogP contribution in [0.1, 0.15) is 0 Å². The fraction of sp³-hybridized carbons (Fsp3) is 0. The number of para-hydroxylation sites is 1. The molecule has 0 atom stereocenters. The van der Waals surface area contributed by atoms with Crippen LogP contribution in [0.25, 0.3) is 0 Å². The van der Waals surface area contributed by atoms with Crippen molar-refractivity contribution >= 4 is 34.0 Å². The van der Waals surface area contributed by atoms with Gasteiger partial charge in [-0.1, -0.05) is 23.8 Å². The van der Waals surface area contributed by atoms with Gasteiger partial charge in [0.05, 0.1) is 15.9 Å². The average molecular weight is 215 g/mol. The Hall–Kier alpha value is -1.08. The minimum absolute atomic E-state index is 0.0615. The Bertz CT molecular complexity index is 342. The quantitative estimate of drug-likeness (QED) is 0.210. The smallest absolute Gasteiger partial charge is 0.258 e. The van der Waals surface area contributed by atoms with Gasteiger partial charge in [0.2, 0.25) is 0 Å². The Balaban J connectivity index is 3.05. The minimum Gasteiger partial charge on any atom is -0.258 e. The third-order valence-corrected chi connectivity index (χ3v) is 1.64. The Kier molecular flexibility index (Phi) is 3.71. The van der Waals surface area contributed by atoms with Crippen molar-refractivity contribution < 1.29 is 4.92 Å². The van der Waals surface area contributed by atoms with Gasteiger partial charge >= 0.3 is 0 Å². The summed E-state index contributed by atoms with van der Waals surface area (Å²) in [4.78, 5) is 9.96. The predicted octanol–water partition coefficient (Wildman–Crippen LogP) is 3.17. The molecule has 0 N–H and O–H groups in total. The van der Waals surface area contributed by atoms with Crippen LogP contribution >= 0.6 is 22.6 Å². The number of nitrogens with zero attached hydrogens (tertiary/aromatic N) is 3. The maximum atomic E-state index is 10.5. The average Bonchev–Trinajstić information content (AvgIpc) is 2.15. The number of rotatable bonds is 3. The first-order chi connectivity index (χ1) is 6.25. The third kappa shape index (κ3) is 2.71. The van der Waals surface area contributed by atoms with Gasteiger partial charge in [-0.25, -0.2) is 0 Å². The second-order valence-corrected chi connectivity index (χ2v) is 2.83. The van der Waals surface area contributed by atoms with E-state index in [1.54, 1.807) is 12.1 Å². The van der Waals surface area contributed by atoms with E-state index >= 15 is 0 Å². The molecule has 0 amide bonds. The monoisotopic (exact) mass is 215 g/mol. The van der Waals surface area contributed by atoms with Gasteiger partial charge in [0.25, 0.3) is 5.69 Å². The molecule has 0 aliphatic carbocycles. The minimum atomic E-state index is -0.502. The van der Waals surface area contributed by atoms with E-state index in [0.29, 0.717) is 0 Å². The number of benzene rings is 1. The number of nitro groups is 1. The molecule has 1 rings (SSSR count). The molecule has 0 radical (unpaired) electrons. The molecule has 1 aromatic rings. The molecule has 0 saturated carbocycles. The van der Waals surface area contributed by atoms with Crippen LogP contribution < -0.4 is 0 Å². The van der Waals surface area contributed by atoms with Crippen LogP contribution in [0.15, 0.2) is 33.9 Å². The van der Waals surface area contributed by atoms with E-state index in [0.717, 1.165) is 11.0 Å². The van der Waals surface area contributed by atoms with Gasteiger partial charge in [-0.3, -0.25) is 10.1 Å². The molecule has 0 aliphatic rings. The molecule has 68 valence electrons. The lowest BCUT2D eigenvalue weighted by Crippen LogP contribution is -1.86. The number of hydrogen-bond donors (Lipinski definition) is 1. The molecule has 0 saturated heterocycles.